The van der Waals surface area contributed by atoms with Crippen LogP contribution in [0.5, 0.6) is 0 Å². The lowest BCUT2D eigenvalue weighted by atomic mass is 9.90. The first kappa shape index (κ1) is 15.0. The molecule has 0 unspecified atom stereocenters. The first-order valence-corrected chi connectivity index (χ1v) is 7.63. The summed E-state index contributed by atoms with van der Waals surface area (Å²) in [5.41, 5.74) is 3.96. The average Bonchev–Trinajstić information content (AvgIpc) is 2.44. The maximum atomic E-state index is 12.3. The van der Waals surface area contributed by atoms with Gasteiger partial charge in [0.2, 0.25) is 5.91 Å². The standard InChI is InChI=1S/C17H25NO2/c1-13(2)18(9-10-19)17(20)12-14-7-8-15-5-3-4-6-16(15)11-14/h7-8,11,13,19H,3-6,9-10,12H2,1-2H3. The quantitative estimate of drug-likeness (QED) is 0.896. The van der Waals surface area contributed by atoms with Crippen LogP contribution in [-0.4, -0.2) is 35.1 Å². The Kier molecular flexibility index (Phi) is 5.18. The molecule has 1 aliphatic carbocycles. The van der Waals surface area contributed by atoms with Gasteiger partial charge in [0.25, 0.3) is 0 Å². The lowest BCUT2D eigenvalue weighted by Crippen LogP contribution is -2.39. The maximum absolute atomic E-state index is 12.3. The van der Waals surface area contributed by atoms with Gasteiger partial charge < -0.3 is 10.0 Å². The summed E-state index contributed by atoms with van der Waals surface area (Å²) in [6.45, 7) is 4.41. The van der Waals surface area contributed by atoms with E-state index >= 15 is 0 Å². The maximum Gasteiger partial charge on any atom is 0.227 e. The minimum atomic E-state index is 0.0219. The van der Waals surface area contributed by atoms with Crippen molar-refractivity contribution in [3.63, 3.8) is 0 Å². The SMILES string of the molecule is CC(C)N(CCO)C(=O)Cc1ccc2c(c1)CCCC2. The molecule has 3 heteroatoms. The van der Waals surface area contributed by atoms with E-state index in [1.807, 2.05) is 13.8 Å². The number of fused-ring (bicyclic) bond motifs is 1. The van der Waals surface area contributed by atoms with Crippen LogP contribution in [0.3, 0.4) is 0 Å². The normalized spacial score (nSPS) is 14.2. The molecule has 0 heterocycles. The minimum absolute atomic E-state index is 0.0219. The fraction of sp³-hybridized carbons (Fsp3) is 0.588. The van der Waals surface area contributed by atoms with Gasteiger partial charge in [0.05, 0.1) is 13.0 Å². The number of aliphatic hydroxyl groups excluding tert-OH is 1. The Morgan fingerprint density at radius 2 is 1.95 bits per heavy atom. The van der Waals surface area contributed by atoms with E-state index in [9.17, 15) is 4.79 Å². The van der Waals surface area contributed by atoms with E-state index in [4.69, 9.17) is 5.11 Å². The summed E-state index contributed by atoms with van der Waals surface area (Å²) < 4.78 is 0. The van der Waals surface area contributed by atoms with Gasteiger partial charge in [-0.25, -0.2) is 0 Å². The highest BCUT2D eigenvalue weighted by Crippen LogP contribution is 2.22. The van der Waals surface area contributed by atoms with Gasteiger partial charge in [0.15, 0.2) is 0 Å². The molecule has 110 valence electrons. The van der Waals surface area contributed by atoms with Crippen molar-refractivity contribution < 1.29 is 9.90 Å². The molecule has 0 saturated heterocycles. The average molecular weight is 275 g/mol. The van der Waals surface area contributed by atoms with E-state index in [0.717, 1.165) is 12.0 Å². The molecule has 0 spiro atoms. The van der Waals surface area contributed by atoms with E-state index < -0.39 is 0 Å². The zero-order chi connectivity index (χ0) is 14.5. The Hall–Kier alpha value is -1.35. The molecule has 0 aliphatic heterocycles. The monoisotopic (exact) mass is 275 g/mol. The summed E-state index contributed by atoms with van der Waals surface area (Å²) in [4.78, 5) is 14.1. The third kappa shape index (κ3) is 3.60. The molecular weight excluding hydrogens is 250 g/mol. The summed E-state index contributed by atoms with van der Waals surface area (Å²) in [7, 11) is 0. The molecule has 0 aromatic heterocycles. The minimum Gasteiger partial charge on any atom is -0.395 e. The highest BCUT2D eigenvalue weighted by atomic mass is 16.3. The number of nitrogens with zero attached hydrogens (tertiary/aromatic N) is 1. The third-order valence-corrected chi connectivity index (χ3v) is 4.05. The van der Waals surface area contributed by atoms with Crippen molar-refractivity contribution in [2.75, 3.05) is 13.2 Å². The number of carbonyl (C=O) groups excluding carboxylic acids is 1. The summed E-state index contributed by atoms with van der Waals surface area (Å²) in [5, 5.41) is 9.06. The highest BCUT2D eigenvalue weighted by molar-refractivity contribution is 5.79. The van der Waals surface area contributed by atoms with Crippen LogP contribution in [0.2, 0.25) is 0 Å². The Morgan fingerprint density at radius 3 is 2.60 bits per heavy atom. The predicted molar refractivity (Wildman–Crippen MR) is 80.7 cm³/mol. The first-order chi connectivity index (χ1) is 9.61. The van der Waals surface area contributed by atoms with Crippen molar-refractivity contribution >= 4 is 5.91 Å². The number of hydrogen-bond acceptors (Lipinski definition) is 2. The zero-order valence-electron chi connectivity index (χ0n) is 12.6. The highest BCUT2D eigenvalue weighted by Gasteiger charge is 2.17. The fourth-order valence-electron chi connectivity index (χ4n) is 2.95. The Bertz CT molecular complexity index is 468. The van der Waals surface area contributed by atoms with Crippen molar-refractivity contribution in [1.29, 1.82) is 0 Å². The van der Waals surface area contributed by atoms with Crippen LogP contribution in [0.4, 0.5) is 0 Å². The van der Waals surface area contributed by atoms with Crippen LogP contribution in [0.25, 0.3) is 0 Å². The molecule has 1 N–H and O–H groups in total. The van der Waals surface area contributed by atoms with Crippen molar-refractivity contribution in [3.8, 4) is 0 Å². The number of benzene rings is 1. The van der Waals surface area contributed by atoms with Gasteiger partial charge in [0.1, 0.15) is 0 Å². The molecule has 0 saturated carbocycles. The largest absolute Gasteiger partial charge is 0.395 e. The zero-order valence-corrected chi connectivity index (χ0v) is 12.6. The van der Waals surface area contributed by atoms with Crippen LogP contribution in [0, 0.1) is 0 Å². The lowest BCUT2D eigenvalue weighted by molar-refractivity contribution is -0.132. The molecule has 0 radical (unpaired) electrons. The van der Waals surface area contributed by atoms with Gasteiger partial charge in [-0.3, -0.25) is 4.79 Å². The number of rotatable bonds is 5. The van der Waals surface area contributed by atoms with Gasteiger partial charge >= 0.3 is 0 Å². The van der Waals surface area contributed by atoms with E-state index in [-0.39, 0.29) is 18.6 Å². The number of amides is 1. The molecule has 1 aliphatic rings. The van der Waals surface area contributed by atoms with Crippen LogP contribution in [0.1, 0.15) is 43.4 Å². The molecule has 2 rings (SSSR count). The Morgan fingerprint density at radius 1 is 1.25 bits per heavy atom. The molecule has 20 heavy (non-hydrogen) atoms. The van der Waals surface area contributed by atoms with E-state index in [1.165, 1.54) is 30.4 Å². The molecule has 1 amide bonds. The van der Waals surface area contributed by atoms with Crippen LogP contribution < -0.4 is 0 Å². The van der Waals surface area contributed by atoms with Gasteiger partial charge in [-0.15, -0.1) is 0 Å². The van der Waals surface area contributed by atoms with E-state index in [2.05, 4.69) is 18.2 Å². The lowest BCUT2D eigenvalue weighted by Gasteiger charge is -2.26. The fourth-order valence-corrected chi connectivity index (χ4v) is 2.95. The molecule has 1 aromatic rings. The van der Waals surface area contributed by atoms with Gasteiger partial charge in [-0.05, 0) is 56.2 Å². The third-order valence-electron chi connectivity index (χ3n) is 4.05. The van der Waals surface area contributed by atoms with Gasteiger partial charge in [-0.2, -0.15) is 0 Å². The smallest absolute Gasteiger partial charge is 0.227 e. The van der Waals surface area contributed by atoms with E-state index in [1.54, 1.807) is 4.90 Å². The number of hydrogen-bond donors (Lipinski definition) is 1. The van der Waals surface area contributed by atoms with Crippen LogP contribution in [-0.2, 0) is 24.1 Å². The van der Waals surface area contributed by atoms with Gasteiger partial charge in [-0.1, -0.05) is 18.2 Å². The molecule has 0 atom stereocenters. The van der Waals surface area contributed by atoms with E-state index in [0.29, 0.717) is 13.0 Å². The molecule has 0 fully saturated rings. The second-order valence-corrected chi connectivity index (χ2v) is 5.89. The summed E-state index contributed by atoms with van der Waals surface area (Å²) >= 11 is 0. The number of carbonyl (C=O) groups is 1. The summed E-state index contributed by atoms with van der Waals surface area (Å²) in [6.07, 6.45) is 5.29. The Labute approximate surface area is 121 Å². The summed E-state index contributed by atoms with van der Waals surface area (Å²) in [5.74, 6) is 0.102. The second kappa shape index (κ2) is 6.89. The number of aliphatic hydroxyl groups is 1. The predicted octanol–water partition coefficient (Wildman–Crippen LogP) is 2.34. The van der Waals surface area contributed by atoms with Crippen molar-refractivity contribution in [3.05, 3.63) is 34.9 Å². The number of aryl methyl sites for hydroxylation is 2. The van der Waals surface area contributed by atoms with Crippen molar-refractivity contribution in [1.82, 2.24) is 4.90 Å². The Balaban J connectivity index is 2.07. The first-order valence-electron chi connectivity index (χ1n) is 7.63. The van der Waals surface area contributed by atoms with Crippen molar-refractivity contribution in [2.45, 2.75) is 52.0 Å². The van der Waals surface area contributed by atoms with Crippen LogP contribution in [0.15, 0.2) is 18.2 Å². The molecular formula is C17H25NO2. The van der Waals surface area contributed by atoms with Crippen molar-refractivity contribution in [2.24, 2.45) is 0 Å². The topological polar surface area (TPSA) is 40.5 Å². The second-order valence-electron chi connectivity index (χ2n) is 5.89. The molecule has 3 nitrogen and oxygen atoms in total. The van der Waals surface area contributed by atoms with Crippen LogP contribution >= 0.6 is 0 Å². The molecule has 0 bridgehead atoms. The summed E-state index contributed by atoms with van der Waals surface area (Å²) in [6, 6.07) is 6.60. The molecule has 1 aromatic carbocycles. The van der Waals surface area contributed by atoms with Gasteiger partial charge in [0, 0.05) is 12.6 Å².